The van der Waals surface area contributed by atoms with Crippen molar-refractivity contribution in [2.24, 2.45) is 5.73 Å². The van der Waals surface area contributed by atoms with E-state index >= 15 is 0 Å². The maximum Gasteiger partial charge on any atom is 0.167 e. The molecule has 0 amide bonds. The fourth-order valence-electron chi connectivity index (χ4n) is 2.46. The van der Waals surface area contributed by atoms with Gasteiger partial charge in [0.05, 0.1) is 5.56 Å². The summed E-state index contributed by atoms with van der Waals surface area (Å²) < 4.78 is 6.02. The van der Waals surface area contributed by atoms with Gasteiger partial charge < -0.3 is 15.4 Å². The van der Waals surface area contributed by atoms with Crippen molar-refractivity contribution in [2.75, 3.05) is 26.7 Å². The van der Waals surface area contributed by atoms with E-state index in [4.69, 9.17) is 10.5 Å². The topological polar surface area (TPSA) is 55.6 Å². The minimum Gasteiger partial charge on any atom is -0.488 e. The Bertz CT molecular complexity index is 434. The van der Waals surface area contributed by atoms with Crippen LogP contribution < -0.4 is 10.5 Å². The van der Waals surface area contributed by atoms with Gasteiger partial charge >= 0.3 is 0 Å². The fraction of sp³-hybridized carbons (Fsp3) is 0.533. The number of benzene rings is 1. The van der Waals surface area contributed by atoms with E-state index in [-0.39, 0.29) is 11.9 Å². The van der Waals surface area contributed by atoms with Gasteiger partial charge in [-0.2, -0.15) is 0 Å². The number of rotatable bonds is 5. The molecule has 1 aromatic carbocycles. The van der Waals surface area contributed by atoms with E-state index in [0.29, 0.717) is 24.3 Å². The molecule has 4 heteroatoms. The molecule has 0 aliphatic carbocycles. The van der Waals surface area contributed by atoms with E-state index in [1.807, 2.05) is 24.3 Å². The first-order chi connectivity index (χ1) is 9.20. The number of ketones is 1. The van der Waals surface area contributed by atoms with Gasteiger partial charge in [0.2, 0.25) is 0 Å². The third-order valence-electron chi connectivity index (χ3n) is 3.43. The van der Waals surface area contributed by atoms with Crippen LogP contribution in [0.4, 0.5) is 0 Å². The SMILES string of the molecule is CN1CCCC(Oc2ccccc2C(=O)CCN)C1. The van der Waals surface area contributed by atoms with Crippen LogP contribution in [0.25, 0.3) is 0 Å². The second-order valence-electron chi connectivity index (χ2n) is 5.10. The molecule has 19 heavy (non-hydrogen) atoms. The van der Waals surface area contributed by atoms with Crippen LogP contribution in [0.2, 0.25) is 0 Å². The van der Waals surface area contributed by atoms with E-state index in [0.717, 1.165) is 25.9 Å². The number of hydrogen-bond acceptors (Lipinski definition) is 4. The first kappa shape index (κ1) is 14.0. The summed E-state index contributed by atoms with van der Waals surface area (Å²) in [5, 5.41) is 0. The molecule has 1 unspecified atom stereocenters. The van der Waals surface area contributed by atoms with Gasteiger partial charge in [0.15, 0.2) is 5.78 Å². The van der Waals surface area contributed by atoms with Crippen LogP contribution in [0, 0.1) is 0 Å². The minimum atomic E-state index is 0.0577. The van der Waals surface area contributed by atoms with Crippen LogP contribution in [0.3, 0.4) is 0 Å². The predicted molar refractivity (Wildman–Crippen MR) is 75.6 cm³/mol. The van der Waals surface area contributed by atoms with E-state index < -0.39 is 0 Å². The summed E-state index contributed by atoms with van der Waals surface area (Å²) in [6, 6.07) is 7.46. The molecule has 1 heterocycles. The van der Waals surface area contributed by atoms with Gasteiger partial charge in [-0.15, -0.1) is 0 Å². The maximum absolute atomic E-state index is 12.0. The van der Waals surface area contributed by atoms with Crippen LogP contribution in [-0.4, -0.2) is 43.5 Å². The number of para-hydroxylation sites is 1. The summed E-state index contributed by atoms with van der Waals surface area (Å²) in [6.07, 6.45) is 2.72. The lowest BCUT2D eigenvalue weighted by molar-refractivity contribution is 0.0937. The Kier molecular flexibility index (Phi) is 4.93. The number of ether oxygens (including phenoxy) is 1. The zero-order valence-corrected chi connectivity index (χ0v) is 11.5. The van der Waals surface area contributed by atoms with Crippen molar-refractivity contribution in [1.82, 2.24) is 4.90 Å². The number of hydrogen-bond donors (Lipinski definition) is 1. The van der Waals surface area contributed by atoms with Gasteiger partial charge in [-0.25, -0.2) is 0 Å². The van der Waals surface area contributed by atoms with E-state index in [1.165, 1.54) is 0 Å². The quantitative estimate of drug-likeness (QED) is 0.820. The standard InChI is InChI=1S/C15H22N2O2/c1-17-10-4-5-12(11-17)19-15-7-3-2-6-13(15)14(18)8-9-16/h2-3,6-7,12H,4-5,8-11,16H2,1H3. The highest BCUT2D eigenvalue weighted by Crippen LogP contribution is 2.23. The number of carbonyl (C=O) groups excluding carboxylic acids is 1. The summed E-state index contributed by atoms with van der Waals surface area (Å²) >= 11 is 0. The van der Waals surface area contributed by atoms with Crippen molar-refractivity contribution in [3.05, 3.63) is 29.8 Å². The van der Waals surface area contributed by atoms with Crippen LogP contribution in [-0.2, 0) is 0 Å². The summed E-state index contributed by atoms with van der Waals surface area (Å²) in [5.41, 5.74) is 6.10. The Balaban J connectivity index is 2.09. The van der Waals surface area contributed by atoms with Crippen molar-refractivity contribution < 1.29 is 9.53 Å². The van der Waals surface area contributed by atoms with Gasteiger partial charge in [0, 0.05) is 13.0 Å². The fourth-order valence-corrected chi connectivity index (χ4v) is 2.46. The molecule has 1 fully saturated rings. The van der Waals surface area contributed by atoms with Crippen molar-refractivity contribution in [3.63, 3.8) is 0 Å². The average Bonchev–Trinajstić information content (AvgIpc) is 2.39. The highest BCUT2D eigenvalue weighted by Gasteiger charge is 2.20. The van der Waals surface area contributed by atoms with Gasteiger partial charge in [-0.1, -0.05) is 12.1 Å². The Hall–Kier alpha value is -1.39. The monoisotopic (exact) mass is 262 g/mol. The summed E-state index contributed by atoms with van der Waals surface area (Å²) in [5.74, 6) is 0.753. The Morgan fingerprint density at radius 3 is 3.00 bits per heavy atom. The van der Waals surface area contributed by atoms with E-state index in [9.17, 15) is 4.79 Å². The zero-order valence-electron chi connectivity index (χ0n) is 11.5. The molecule has 0 aromatic heterocycles. The highest BCUT2D eigenvalue weighted by molar-refractivity contribution is 5.98. The molecule has 0 saturated carbocycles. The lowest BCUT2D eigenvalue weighted by Gasteiger charge is -2.30. The van der Waals surface area contributed by atoms with Crippen molar-refractivity contribution in [1.29, 1.82) is 0 Å². The van der Waals surface area contributed by atoms with Gasteiger partial charge in [0.25, 0.3) is 0 Å². The molecule has 1 aliphatic heterocycles. The third kappa shape index (κ3) is 3.78. The van der Waals surface area contributed by atoms with Crippen molar-refractivity contribution in [3.8, 4) is 5.75 Å². The molecule has 104 valence electrons. The number of likely N-dealkylation sites (N-methyl/N-ethyl adjacent to an activating group) is 1. The number of nitrogens with two attached hydrogens (primary N) is 1. The van der Waals surface area contributed by atoms with Crippen molar-refractivity contribution in [2.45, 2.75) is 25.4 Å². The molecule has 2 rings (SSSR count). The third-order valence-corrected chi connectivity index (χ3v) is 3.43. The van der Waals surface area contributed by atoms with E-state index in [2.05, 4.69) is 11.9 Å². The van der Waals surface area contributed by atoms with Gasteiger partial charge in [-0.3, -0.25) is 4.79 Å². The van der Waals surface area contributed by atoms with Crippen LogP contribution in [0.1, 0.15) is 29.6 Å². The molecule has 1 saturated heterocycles. The highest BCUT2D eigenvalue weighted by atomic mass is 16.5. The lowest BCUT2D eigenvalue weighted by Crippen LogP contribution is -2.38. The molecule has 1 atom stereocenters. The maximum atomic E-state index is 12.0. The predicted octanol–water partition coefficient (Wildman–Crippen LogP) is 1.69. The molecule has 0 bridgehead atoms. The van der Waals surface area contributed by atoms with Crippen LogP contribution >= 0.6 is 0 Å². The van der Waals surface area contributed by atoms with Crippen molar-refractivity contribution >= 4 is 5.78 Å². The second kappa shape index (κ2) is 6.68. The first-order valence-electron chi connectivity index (χ1n) is 6.88. The first-order valence-corrected chi connectivity index (χ1v) is 6.88. The van der Waals surface area contributed by atoms with Gasteiger partial charge in [-0.05, 0) is 45.1 Å². The molecule has 0 radical (unpaired) electrons. The Morgan fingerprint density at radius 2 is 2.26 bits per heavy atom. The molecule has 1 aromatic rings. The second-order valence-corrected chi connectivity index (χ2v) is 5.10. The minimum absolute atomic E-state index is 0.0577. The lowest BCUT2D eigenvalue weighted by atomic mass is 10.1. The van der Waals surface area contributed by atoms with Crippen LogP contribution in [0.5, 0.6) is 5.75 Å². The number of piperidine rings is 1. The van der Waals surface area contributed by atoms with Crippen LogP contribution in [0.15, 0.2) is 24.3 Å². The molecule has 2 N–H and O–H groups in total. The molecule has 4 nitrogen and oxygen atoms in total. The summed E-state index contributed by atoms with van der Waals surface area (Å²) in [6.45, 7) is 2.41. The van der Waals surface area contributed by atoms with E-state index in [1.54, 1.807) is 0 Å². The number of Topliss-reactive ketones (excluding diaryl/α,β-unsaturated/α-hetero) is 1. The molecular formula is C15H22N2O2. The van der Waals surface area contributed by atoms with Gasteiger partial charge in [0.1, 0.15) is 11.9 Å². The zero-order chi connectivity index (χ0) is 13.7. The summed E-state index contributed by atoms with van der Waals surface area (Å²) in [7, 11) is 2.10. The molecular weight excluding hydrogens is 240 g/mol. The average molecular weight is 262 g/mol. The summed E-state index contributed by atoms with van der Waals surface area (Å²) in [4.78, 5) is 14.3. The number of nitrogens with zero attached hydrogens (tertiary/aromatic N) is 1. The smallest absolute Gasteiger partial charge is 0.167 e. The molecule has 1 aliphatic rings. The Morgan fingerprint density at radius 1 is 1.47 bits per heavy atom. The largest absolute Gasteiger partial charge is 0.488 e. The molecule has 0 spiro atoms. The number of carbonyl (C=O) groups is 1. The number of likely N-dealkylation sites (tertiary alicyclic amines) is 1. The Labute approximate surface area is 114 Å². The normalized spacial score (nSPS) is 20.2.